The zero-order valence-electron chi connectivity index (χ0n) is 13.7. The van der Waals surface area contributed by atoms with Crippen LogP contribution in [0.25, 0.3) is 0 Å². The van der Waals surface area contributed by atoms with Crippen molar-refractivity contribution in [2.75, 3.05) is 60.3 Å². The standard InChI is InChI=1S/C17H27NO4/c1-19-12-13-22-17-14-15(5-6-16(17)20-2)4-3-7-18-8-10-21-11-9-18/h5-6,14H,3-4,7-13H2,1-2H3. The zero-order valence-corrected chi connectivity index (χ0v) is 13.7. The lowest BCUT2D eigenvalue weighted by Crippen LogP contribution is -2.36. The number of benzene rings is 1. The molecule has 1 aromatic carbocycles. The third-order valence-electron chi connectivity index (χ3n) is 3.82. The Morgan fingerprint density at radius 3 is 2.64 bits per heavy atom. The Kier molecular flexibility index (Phi) is 7.49. The van der Waals surface area contributed by atoms with Gasteiger partial charge in [0, 0.05) is 20.2 Å². The van der Waals surface area contributed by atoms with Gasteiger partial charge in [-0.05, 0) is 37.1 Å². The molecule has 1 aliphatic rings. The number of nitrogens with zero attached hydrogens (tertiary/aromatic N) is 1. The lowest BCUT2D eigenvalue weighted by atomic mass is 10.1. The maximum atomic E-state index is 5.73. The Balaban J connectivity index is 1.83. The summed E-state index contributed by atoms with van der Waals surface area (Å²) in [5.74, 6) is 1.57. The first kappa shape index (κ1) is 17.1. The van der Waals surface area contributed by atoms with Crippen molar-refractivity contribution < 1.29 is 18.9 Å². The number of rotatable bonds is 9. The van der Waals surface area contributed by atoms with Crippen LogP contribution < -0.4 is 9.47 Å². The Morgan fingerprint density at radius 2 is 1.91 bits per heavy atom. The molecule has 0 aliphatic carbocycles. The molecule has 1 aromatic rings. The molecule has 0 aromatic heterocycles. The Labute approximate surface area is 133 Å². The van der Waals surface area contributed by atoms with Crippen LogP contribution in [0.4, 0.5) is 0 Å². The summed E-state index contributed by atoms with van der Waals surface area (Å²) in [4.78, 5) is 2.46. The van der Waals surface area contributed by atoms with Crippen LogP contribution in [0.1, 0.15) is 12.0 Å². The number of aryl methyl sites for hydroxylation is 1. The highest BCUT2D eigenvalue weighted by atomic mass is 16.5. The van der Waals surface area contributed by atoms with Gasteiger partial charge in [0.1, 0.15) is 6.61 Å². The highest BCUT2D eigenvalue weighted by Crippen LogP contribution is 2.28. The van der Waals surface area contributed by atoms with Gasteiger partial charge in [-0.1, -0.05) is 6.07 Å². The zero-order chi connectivity index (χ0) is 15.6. The van der Waals surface area contributed by atoms with Gasteiger partial charge in [-0.15, -0.1) is 0 Å². The third kappa shape index (κ3) is 5.48. The summed E-state index contributed by atoms with van der Waals surface area (Å²) in [5, 5.41) is 0. The van der Waals surface area contributed by atoms with E-state index >= 15 is 0 Å². The molecular weight excluding hydrogens is 282 g/mol. The van der Waals surface area contributed by atoms with E-state index in [1.54, 1.807) is 14.2 Å². The maximum absolute atomic E-state index is 5.73. The highest BCUT2D eigenvalue weighted by molar-refractivity contribution is 5.43. The fourth-order valence-corrected chi connectivity index (χ4v) is 2.56. The molecule has 0 radical (unpaired) electrons. The van der Waals surface area contributed by atoms with Crippen molar-refractivity contribution in [3.63, 3.8) is 0 Å². The summed E-state index contributed by atoms with van der Waals surface area (Å²) in [6, 6.07) is 6.17. The number of methoxy groups -OCH3 is 2. The predicted molar refractivity (Wildman–Crippen MR) is 85.9 cm³/mol. The molecule has 124 valence electrons. The average Bonchev–Trinajstić information content (AvgIpc) is 2.56. The van der Waals surface area contributed by atoms with E-state index in [4.69, 9.17) is 18.9 Å². The van der Waals surface area contributed by atoms with Crippen molar-refractivity contribution in [2.24, 2.45) is 0 Å². The van der Waals surface area contributed by atoms with Crippen molar-refractivity contribution in [3.05, 3.63) is 23.8 Å². The molecule has 0 unspecified atom stereocenters. The molecule has 0 saturated carbocycles. The number of morpholine rings is 1. The van der Waals surface area contributed by atoms with Gasteiger partial charge in [-0.25, -0.2) is 0 Å². The van der Waals surface area contributed by atoms with Crippen LogP contribution in [-0.4, -0.2) is 65.2 Å². The highest BCUT2D eigenvalue weighted by Gasteiger charge is 2.10. The van der Waals surface area contributed by atoms with Crippen LogP contribution >= 0.6 is 0 Å². The van der Waals surface area contributed by atoms with Crippen LogP contribution in [0, 0.1) is 0 Å². The Bertz CT molecular complexity index is 433. The van der Waals surface area contributed by atoms with Crippen LogP contribution in [0.2, 0.25) is 0 Å². The summed E-state index contributed by atoms with van der Waals surface area (Å²) in [6.45, 7) is 6.05. The summed E-state index contributed by atoms with van der Waals surface area (Å²) >= 11 is 0. The van der Waals surface area contributed by atoms with E-state index in [9.17, 15) is 0 Å². The quantitative estimate of drug-likeness (QED) is 0.652. The second kappa shape index (κ2) is 9.66. The fraction of sp³-hybridized carbons (Fsp3) is 0.647. The van der Waals surface area contributed by atoms with Gasteiger partial charge >= 0.3 is 0 Å². The fourth-order valence-electron chi connectivity index (χ4n) is 2.56. The van der Waals surface area contributed by atoms with Gasteiger partial charge in [0.15, 0.2) is 11.5 Å². The molecule has 0 bridgehead atoms. The molecule has 0 atom stereocenters. The van der Waals surface area contributed by atoms with Gasteiger partial charge in [0.05, 0.1) is 26.9 Å². The third-order valence-corrected chi connectivity index (χ3v) is 3.82. The van der Waals surface area contributed by atoms with Gasteiger partial charge in [0.25, 0.3) is 0 Å². The normalized spacial score (nSPS) is 15.7. The van der Waals surface area contributed by atoms with Gasteiger partial charge in [-0.3, -0.25) is 4.90 Å². The van der Waals surface area contributed by atoms with E-state index in [0.717, 1.165) is 57.2 Å². The van der Waals surface area contributed by atoms with E-state index in [1.807, 2.05) is 6.07 Å². The van der Waals surface area contributed by atoms with Crippen LogP contribution in [0.5, 0.6) is 11.5 Å². The Hall–Kier alpha value is -1.30. The molecule has 5 heteroatoms. The minimum atomic E-state index is 0.532. The molecule has 22 heavy (non-hydrogen) atoms. The van der Waals surface area contributed by atoms with Crippen molar-refractivity contribution in [1.29, 1.82) is 0 Å². The molecular formula is C17H27NO4. The SMILES string of the molecule is COCCOc1cc(CCCN2CCOCC2)ccc1OC. The monoisotopic (exact) mass is 309 g/mol. The summed E-state index contributed by atoms with van der Waals surface area (Å²) in [7, 11) is 3.33. The number of hydrogen-bond acceptors (Lipinski definition) is 5. The van der Waals surface area contributed by atoms with E-state index < -0.39 is 0 Å². The number of hydrogen-bond donors (Lipinski definition) is 0. The van der Waals surface area contributed by atoms with Crippen molar-refractivity contribution in [3.8, 4) is 11.5 Å². The predicted octanol–water partition coefficient (Wildman–Crippen LogP) is 1.99. The molecule has 1 fully saturated rings. The molecule has 5 nitrogen and oxygen atoms in total. The number of ether oxygens (including phenoxy) is 4. The van der Waals surface area contributed by atoms with Gasteiger partial charge in [0.2, 0.25) is 0 Å². The molecule has 0 N–H and O–H groups in total. The summed E-state index contributed by atoms with van der Waals surface area (Å²) < 4.78 is 21.5. The minimum Gasteiger partial charge on any atom is -0.493 e. The summed E-state index contributed by atoms with van der Waals surface area (Å²) in [6.07, 6.45) is 2.19. The molecule has 1 heterocycles. The second-order valence-corrected chi connectivity index (χ2v) is 5.38. The average molecular weight is 309 g/mol. The molecule has 1 aliphatic heterocycles. The van der Waals surface area contributed by atoms with E-state index in [-0.39, 0.29) is 0 Å². The molecule has 2 rings (SSSR count). The topological polar surface area (TPSA) is 40.2 Å². The lowest BCUT2D eigenvalue weighted by Gasteiger charge is -2.26. The first-order chi connectivity index (χ1) is 10.8. The molecule has 1 saturated heterocycles. The first-order valence-corrected chi connectivity index (χ1v) is 7.92. The first-order valence-electron chi connectivity index (χ1n) is 7.92. The van der Waals surface area contributed by atoms with E-state index in [2.05, 4.69) is 17.0 Å². The van der Waals surface area contributed by atoms with Crippen molar-refractivity contribution in [1.82, 2.24) is 4.90 Å². The van der Waals surface area contributed by atoms with Crippen molar-refractivity contribution >= 4 is 0 Å². The van der Waals surface area contributed by atoms with Crippen LogP contribution in [0.3, 0.4) is 0 Å². The van der Waals surface area contributed by atoms with Crippen LogP contribution in [0.15, 0.2) is 18.2 Å². The lowest BCUT2D eigenvalue weighted by molar-refractivity contribution is 0.0374. The summed E-state index contributed by atoms with van der Waals surface area (Å²) in [5.41, 5.74) is 1.28. The van der Waals surface area contributed by atoms with Gasteiger partial charge < -0.3 is 18.9 Å². The largest absolute Gasteiger partial charge is 0.493 e. The maximum Gasteiger partial charge on any atom is 0.161 e. The molecule has 0 amide bonds. The smallest absolute Gasteiger partial charge is 0.161 e. The Morgan fingerprint density at radius 1 is 1.09 bits per heavy atom. The van der Waals surface area contributed by atoms with Gasteiger partial charge in [-0.2, -0.15) is 0 Å². The van der Waals surface area contributed by atoms with Crippen LogP contribution in [-0.2, 0) is 15.9 Å². The minimum absolute atomic E-state index is 0.532. The molecule has 0 spiro atoms. The van der Waals surface area contributed by atoms with Crippen molar-refractivity contribution in [2.45, 2.75) is 12.8 Å². The van der Waals surface area contributed by atoms with E-state index in [0.29, 0.717) is 13.2 Å². The second-order valence-electron chi connectivity index (χ2n) is 5.38. The van der Waals surface area contributed by atoms with E-state index in [1.165, 1.54) is 5.56 Å².